The van der Waals surface area contributed by atoms with Crippen LogP contribution in [0.4, 0.5) is 34.1 Å². The van der Waals surface area contributed by atoms with Crippen molar-refractivity contribution in [3.8, 4) is 22.6 Å². The molecule has 0 saturated heterocycles. The molecule has 8 aromatic carbocycles. The lowest BCUT2D eigenvalue weighted by Gasteiger charge is -2.42. The van der Waals surface area contributed by atoms with E-state index in [-0.39, 0.29) is 6.71 Å². The van der Waals surface area contributed by atoms with Crippen LogP contribution in [0.5, 0.6) is 11.5 Å². The quantitative estimate of drug-likeness (QED) is 0.173. The van der Waals surface area contributed by atoms with E-state index in [1.54, 1.807) is 0 Å². The first-order valence-corrected chi connectivity index (χ1v) is 18.2. The van der Waals surface area contributed by atoms with Gasteiger partial charge in [-0.25, -0.2) is 0 Å². The first-order valence-electron chi connectivity index (χ1n) is 17.4. The van der Waals surface area contributed by atoms with Gasteiger partial charge in [0, 0.05) is 48.9 Å². The van der Waals surface area contributed by atoms with Crippen LogP contribution < -0.4 is 30.9 Å². The van der Waals surface area contributed by atoms with E-state index in [1.165, 1.54) is 59.5 Å². The van der Waals surface area contributed by atoms with Crippen LogP contribution in [-0.2, 0) is 0 Å². The van der Waals surface area contributed by atoms with Crippen molar-refractivity contribution in [2.75, 3.05) is 9.80 Å². The summed E-state index contributed by atoms with van der Waals surface area (Å²) in [5.74, 6) is 1.85. The lowest BCUT2D eigenvalue weighted by Crippen LogP contribution is -2.59. The number of nitrogens with zero attached hydrogens (tertiary/aromatic N) is 2. The summed E-state index contributed by atoms with van der Waals surface area (Å²) >= 11 is 1.89. The predicted octanol–water partition coefficient (Wildman–Crippen LogP) is 10.8. The lowest BCUT2D eigenvalue weighted by molar-refractivity contribution is 0.487. The van der Waals surface area contributed by atoms with E-state index in [1.807, 2.05) is 11.8 Å². The Balaban J connectivity index is 1.20. The van der Waals surface area contributed by atoms with Crippen molar-refractivity contribution in [2.45, 2.75) is 9.79 Å². The van der Waals surface area contributed by atoms with Gasteiger partial charge in [-0.3, -0.25) is 0 Å². The van der Waals surface area contributed by atoms with Crippen molar-refractivity contribution in [1.29, 1.82) is 0 Å². The van der Waals surface area contributed by atoms with Crippen LogP contribution in [0, 0.1) is 0 Å². The zero-order valence-electron chi connectivity index (χ0n) is 27.5. The average molecular weight is 669 g/mol. The number of hydrogen-bond acceptors (Lipinski definition) is 4. The van der Waals surface area contributed by atoms with Crippen LogP contribution in [0.3, 0.4) is 0 Å². The minimum absolute atomic E-state index is 0.0619. The maximum absolute atomic E-state index is 6.91. The number of anilines is 6. The lowest BCUT2D eigenvalue weighted by atomic mass is 9.34. The van der Waals surface area contributed by atoms with E-state index >= 15 is 0 Å². The molecule has 0 bridgehead atoms. The van der Waals surface area contributed by atoms with Crippen molar-refractivity contribution < 1.29 is 4.74 Å². The molecule has 51 heavy (non-hydrogen) atoms. The molecule has 3 aliphatic heterocycles. The van der Waals surface area contributed by atoms with Gasteiger partial charge in [0.2, 0.25) is 0 Å². The fourth-order valence-corrected chi connectivity index (χ4v) is 9.66. The molecule has 11 rings (SSSR count). The molecule has 0 atom stereocenters. The second-order valence-electron chi connectivity index (χ2n) is 13.2. The van der Waals surface area contributed by atoms with Crippen LogP contribution in [-0.4, -0.2) is 6.71 Å². The van der Waals surface area contributed by atoms with Crippen molar-refractivity contribution in [3.05, 3.63) is 176 Å². The van der Waals surface area contributed by atoms with Crippen molar-refractivity contribution in [3.63, 3.8) is 0 Å². The van der Waals surface area contributed by atoms with Crippen LogP contribution in [0.15, 0.2) is 186 Å². The van der Waals surface area contributed by atoms with Crippen LogP contribution in [0.25, 0.3) is 21.9 Å². The number of para-hydroxylation sites is 5. The molecule has 0 aromatic heterocycles. The van der Waals surface area contributed by atoms with E-state index < -0.39 is 0 Å². The molecule has 0 fully saturated rings. The molecule has 0 saturated carbocycles. The first-order chi connectivity index (χ1) is 25.3. The van der Waals surface area contributed by atoms with Crippen LogP contribution >= 0.6 is 11.8 Å². The Morgan fingerprint density at radius 1 is 0.549 bits per heavy atom. The highest BCUT2D eigenvalue weighted by atomic mass is 32.2. The molecule has 0 radical (unpaired) electrons. The Hall–Kier alpha value is -6.17. The summed E-state index contributed by atoms with van der Waals surface area (Å²) < 4.78 is 6.91. The van der Waals surface area contributed by atoms with E-state index in [4.69, 9.17) is 4.74 Å². The van der Waals surface area contributed by atoms with Gasteiger partial charge in [-0.05, 0) is 88.7 Å². The van der Waals surface area contributed by atoms with E-state index in [0.29, 0.717) is 0 Å². The van der Waals surface area contributed by atoms with Gasteiger partial charge in [-0.1, -0.05) is 121 Å². The van der Waals surface area contributed by atoms with Gasteiger partial charge < -0.3 is 14.5 Å². The maximum atomic E-state index is 6.91. The summed E-state index contributed by atoms with van der Waals surface area (Å²) in [4.78, 5) is 7.36. The maximum Gasteiger partial charge on any atom is 0.256 e. The summed E-state index contributed by atoms with van der Waals surface area (Å²) in [5.41, 5.74) is 13.1. The third kappa shape index (κ3) is 4.22. The molecule has 238 valence electrons. The zero-order valence-corrected chi connectivity index (χ0v) is 28.3. The smallest absolute Gasteiger partial charge is 0.256 e. The normalized spacial score (nSPS) is 13.1. The average Bonchev–Trinajstić information content (AvgIpc) is 3.20. The molecule has 0 amide bonds. The van der Waals surface area contributed by atoms with Gasteiger partial charge in [0.1, 0.15) is 11.5 Å². The highest BCUT2D eigenvalue weighted by Gasteiger charge is 2.44. The number of ether oxygens (including phenoxy) is 1. The molecular formula is C46H29BN2OS. The fourth-order valence-electron chi connectivity index (χ4n) is 8.39. The van der Waals surface area contributed by atoms with E-state index in [9.17, 15) is 0 Å². The second kappa shape index (κ2) is 11.2. The summed E-state index contributed by atoms with van der Waals surface area (Å²) in [5, 5.41) is 2.49. The Morgan fingerprint density at radius 3 is 1.98 bits per heavy atom. The number of rotatable bonds is 4. The van der Waals surface area contributed by atoms with Gasteiger partial charge in [-0.15, -0.1) is 0 Å². The third-order valence-corrected chi connectivity index (χ3v) is 11.6. The van der Waals surface area contributed by atoms with Gasteiger partial charge in [0.25, 0.3) is 6.71 Å². The molecule has 8 aromatic rings. The predicted molar refractivity (Wildman–Crippen MR) is 214 cm³/mol. The Labute approximate surface area is 301 Å². The van der Waals surface area contributed by atoms with E-state index in [0.717, 1.165) is 34.2 Å². The molecule has 0 N–H and O–H groups in total. The summed E-state index contributed by atoms with van der Waals surface area (Å²) in [6, 6.07) is 63.3. The second-order valence-corrected chi connectivity index (χ2v) is 14.3. The molecule has 3 aliphatic rings. The fraction of sp³-hybridized carbons (Fsp3) is 0. The van der Waals surface area contributed by atoms with Gasteiger partial charge in [0.15, 0.2) is 0 Å². The standard InChI is InChI=1S/C46H29BN2OS/c1-4-15-30(16-5-1)48(31-17-6-2-7-18-31)38-28-27-33-35-29-41-44-45(46(35)51-42-26-14-21-34(38)43(33)42)49(32-19-8-3-9-20-32)39-24-12-10-22-36(39)47(44)37-23-11-13-25-40(37)50-41/h1-29H. The molecule has 3 heterocycles. The van der Waals surface area contributed by atoms with Crippen LogP contribution in [0.1, 0.15) is 0 Å². The summed E-state index contributed by atoms with van der Waals surface area (Å²) in [7, 11) is 0. The molecule has 0 aliphatic carbocycles. The molecule has 5 heteroatoms. The number of hydrogen-bond donors (Lipinski definition) is 0. The largest absolute Gasteiger partial charge is 0.458 e. The van der Waals surface area contributed by atoms with Crippen LogP contribution in [0.2, 0.25) is 0 Å². The minimum Gasteiger partial charge on any atom is -0.458 e. The highest BCUT2D eigenvalue weighted by molar-refractivity contribution is 8.00. The molecule has 3 nitrogen and oxygen atoms in total. The molecule has 0 spiro atoms. The first kappa shape index (κ1) is 28.7. The topological polar surface area (TPSA) is 15.7 Å². The van der Waals surface area contributed by atoms with Crippen molar-refractivity contribution in [1.82, 2.24) is 0 Å². The monoisotopic (exact) mass is 668 g/mol. The number of fused-ring (bicyclic) bond motifs is 7. The Morgan fingerprint density at radius 2 is 1.22 bits per heavy atom. The molecule has 0 unspecified atom stereocenters. The Kier molecular flexibility index (Phi) is 6.28. The minimum atomic E-state index is 0.0619. The number of benzene rings is 8. The van der Waals surface area contributed by atoms with E-state index in [2.05, 4.69) is 186 Å². The van der Waals surface area contributed by atoms with Crippen molar-refractivity contribution >= 4 is 79.8 Å². The highest BCUT2D eigenvalue weighted by Crippen LogP contribution is 2.57. The molecular weight excluding hydrogens is 639 g/mol. The van der Waals surface area contributed by atoms with Gasteiger partial charge in [-0.2, -0.15) is 0 Å². The summed E-state index contributed by atoms with van der Waals surface area (Å²) in [6.45, 7) is 0.0619. The third-order valence-electron chi connectivity index (χ3n) is 10.5. The summed E-state index contributed by atoms with van der Waals surface area (Å²) in [6.07, 6.45) is 0. The Bertz CT molecular complexity index is 2620. The van der Waals surface area contributed by atoms with Gasteiger partial charge >= 0.3 is 0 Å². The van der Waals surface area contributed by atoms with Gasteiger partial charge in [0.05, 0.1) is 11.4 Å². The zero-order chi connectivity index (χ0) is 33.5. The van der Waals surface area contributed by atoms with Crippen molar-refractivity contribution in [2.24, 2.45) is 0 Å². The SMILES string of the molecule is c1ccc(N2c3ccccc3B3c4ccccc4Oc4cc5c(c2c43)Sc2cccc3c(N(c4ccccc4)c4ccccc4)ccc-5c23)cc1.